The number of fused-ring (bicyclic) bond motifs is 2. The molecule has 0 radical (unpaired) electrons. The van der Waals surface area contributed by atoms with E-state index >= 15 is 0 Å². The number of H-pyrrole nitrogens is 1. The molecular weight excluding hydrogens is 336 g/mol. The normalized spacial score (nSPS) is 14.4. The van der Waals surface area contributed by atoms with Crippen LogP contribution in [-0.4, -0.2) is 36.4 Å². The van der Waals surface area contributed by atoms with Crippen LogP contribution in [0.15, 0.2) is 49.3 Å². The Morgan fingerprint density at radius 3 is 2.93 bits per heavy atom. The summed E-state index contributed by atoms with van der Waals surface area (Å²) in [6.45, 7) is 4.92. The molecule has 0 fully saturated rings. The zero-order valence-electron chi connectivity index (χ0n) is 15.2. The molecule has 1 aliphatic heterocycles. The highest BCUT2D eigenvalue weighted by Gasteiger charge is 2.20. The minimum atomic E-state index is 0.704. The van der Waals surface area contributed by atoms with Crippen molar-refractivity contribution in [2.24, 2.45) is 0 Å². The molecule has 0 amide bonds. The lowest BCUT2D eigenvalue weighted by atomic mass is 10.1. The van der Waals surface area contributed by atoms with Crippen molar-refractivity contribution in [3.63, 3.8) is 0 Å². The van der Waals surface area contributed by atoms with Crippen molar-refractivity contribution in [2.45, 2.75) is 26.4 Å². The van der Waals surface area contributed by atoms with Crippen LogP contribution in [0.2, 0.25) is 0 Å². The van der Waals surface area contributed by atoms with E-state index in [1.165, 1.54) is 33.9 Å². The fourth-order valence-corrected chi connectivity index (χ4v) is 3.74. The first-order chi connectivity index (χ1) is 13.3. The molecule has 27 heavy (non-hydrogen) atoms. The van der Waals surface area contributed by atoms with Crippen LogP contribution in [-0.2, 0) is 19.5 Å². The van der Waals surface area contributed by atoms with Gasteiger partial charge in [-0.15, -0.1) is 0 Å². The van der Waals surface area contributed by atoms with Crippen LogP contribution in [0.3, 0.4) is 0 Å². The Labute approximate surface area is 157 Å². The summed E-state index contributed by atoms with van der Waals surface area (Å²) in [7, 11) is 0. The van der Waals surface area contributed by atoms with E-state index in [0.717, 1.165) is 37.3 Å². The molecule has 0 saturated carbocycles. The smallest absolute Gasteiger partial charge is 0.162 e. The van der Waals surface area contributed by atoms with Gasteiger partial charge in [-0.3, -0.25) is 4.90 Å². The van der Waals surface area contributed by atoms with Gasteiger partial charge in [-0.05, 0) is 24.1 Å². The Hall–Kier alpha value is -3.12. The van der Waals surface area contributed by atoms with Crippen molar-refractivity contribution in [1.82, 2.24) is 29.8 Å². The number of hydrogen-bond donors (Lipinski definition) is 1. The molecule has 0 atom stereocenters. The van der Waals surface area contributed by atoms with Crippen LogP contribution in [0.25, 0.3) is 22.3 Å². The highest BCUT2D eigenvalue weighted by atomic mass is 15.1. The van der Waals surface area contributed by atoms with Gasteiger partial charge < -0.3 is 4.98 Å². The third-order valence-electron chi connectivity index (χ3n) is 5.15. The molecule has 0 aliphatic carbocycles. The summed E-state index contributed by atoms with van der Waals surface area (Å²) in [5.41, 5.74) is 7.02. The van der Waals surface area contributed by atoms with Crippen molar-refractivity contribution in [2.75, 3.05) is 6.54 Å². The second-order valence-corrected chi connectivity index (χ2v) is 7.12. The third kappa shape index (κ3) is 3.08. The molecule has 1 aliphatic rings. The number of benzene rings is 1. The van der Waals surface area contributed by atoms with Crippen molar-refractivity contribution >= 4 is 10.9 Å². The third-order valence-corrected chi connectivity index (χ3v) is 5.15. The fraction of sp³-hybridized carbons (Fsp3) is 0.238. The maximum Gasteiger partial charge on any atom is 0.162 e. The van der Waals surface area contributed by atoms with Gasteiger partial charge in [-0.2, -0.15) is 0 Å². The van der Waals surface area contributed by atoms with E-state index in [1.807, 2.05) is 6.20 Å². The van der Waals surface area contributed by atoms with Gasteiger partial charge in [0.05, 0.1) is 11.3 Å². The standard InChI is InChI=1S/C21H20N6/c1-14-2-3-18-16(9-24-20(18)6-14)11-27-5-4-19-17(12-27)10-25-21(26-19)15-7-22-13-23-8-15/h2-3,6-10,13,24H,4-5,11-12H2,1H3. The van der Waals surface area contributed by atoms with E-state index in [0.29, 0.717) is 5.82 Å². The van der Waals surface area contributed by atoms with E-state index in [1.54, 1.807) is 12.4 Å². The average Bonchev–Trinajstić information content (AvgIpc) is 3.10. The second kappa shape index (κ2) is 6.55. The summed E-state index contributed by atoms with van der Waals surface area (Å²) in [6.07, 6.45) is 10.0. The van der Waals surface area contributed by atoms with E-state index in [4.69, 9.17) is 4.98 Å². The molecule has 0 bridgehead atoms. The molecule has 0 unspecified atom stereocenters. The summed E-state index contributed by atoms with van der Waals surface area (Å²) < 4.78 is 0. The van der Waals surface area contributed by atoms with Crippen LogP contribution < -0.4 is 0 Å². The molecule has 5 rings (SSSR count). The number of aromatic nitrogens is 5. The summed E-state index contributed by atoms with van der Waals surface area (Å²) in [5, 5.41) is 1.31. The molecule has 0 saturated heterocycles. The van der Waals surface area contributed by atoms with Gasteiger partial charge in [0.1, 0.15) is 6.33 Å². The van der Waals surface area contributed by atoms with Gasteiger partial charge >= 0.3 is 0 Å². The highest BCUT2D eigenvalue weighted by molar-refractivity contribution is 5.83. The van der Waals surface area contributed by atoms with Crippen LogP contribution >= 0.6 is 0 Å². The molecule has 6 heteroatoms. The number of nitrogens with one attached hydrogen (secondary N) is 1. The van der Waals surface area contributed by atoms with Crippen molar-refractivity contribution in [1.29, 1.82) is 0 Å². The molecule has 6 nitrogen and oxygen atoms in total. The molecule has 134 valence electrons. The van der Waals surface area contributed by atoms with Crippen molar-refractivity contribution < 1.29 is 0 Å². The summed E-state index contributed by atoms with van der Waals surface area (Å²) >= 11 is 0. The number of aromatic amines is 1. The van der Waals surface area contributed by atoms with Gasteiger partial charge in [0.15, 0.2) is 5.82 Å². The molecule has 4 heterocycles. The lowest BCUT2D eigenvalue weighted by Gasteiger charge is -2.27. The Morgan fingerprint density at radius 1 is 1.15 bits per heavy atom. The zero-order chi connectivity index (χ0) is 18.2. The molecular formula is C21H20N6. The average molecular weight is 356 g/mol. The summed E-state index contributed by atoms with van der Waals surface area (Å²) in [5.74, 6) is 0.704. The monoisotopic (exact) mass is 356 g/mol. The molecule has 0 spiro atoms. The Morgan fingerprint density at radius 2 is 2.04 bits per heavy atom. The van der Waals surface area contributed by atoms with Crippen molar-refractivity contribution in [3.05, 3.63) is 71.7 Å². The predicted molar refractivity (Wildman–Crippen MR) is 104 cm³/mol. The molecule has 1 aromatic carbocycles. The van der Waals surface area contributed by atoms with Gasteiger partial charge in [0.25, 0.3) is 0 Å². The molecule has 1 N–H and O–H groups in total. The van der Waals surface area contributed by atoms with E-state index in [2.05, 4.69) is 56.2 Å². The summed E-state index contributed by atoms with van der Waals surface area (Å²) in [6, 6.07) is 6.59. The van der Waals surface area contributed by atoms with Crippen LogP contribution in [0.1, 0.15) is 22.4 Å². The van der Waals surface area contributed by atoms with Gasteiger partial charge in [-0.1, -0.05) is 12.1 Å². The van der Waals surface area contributed by atoms with E-state index in [9.17, 15) is 0 Å². The first-order valence-corrected chi connectivity index (χ1v) is 9.15. The highest BCUT2D eigenvalue weighted by Crippen LogP contribution is 2.25. The minimum Gasteiger partial charge on any atom is -0.361 e. The number of aryl methyl sites for hydroxylation is 1. The largest absolute Gasteiger partial charge is 0.361 e. The van der Waals surface area contributed by atoms with Crippen LogP contribution in [0.5, 0.6) is 0 Å². The molecule has 4 aromatic rings. The Kier molecular flexibility index (Phi) is 3.90. The van der Waals surface area contributed by atoms with Crippen LogP contribution in [0.4, 0.5) is 0 Å². The number of rotatable bonds is 3. The SMILES string of the molecule is Cc1ccc2c(CN3CCc4nc(-c5cncnc5)ncc4C3)c[nH]c2c1. The minimum absolute atomic E-state index is 0.704. The second-order valence-electron chi connectivity index (χ2n) is 7.12. The van der Waals surface area contributed by atoms with Gasteiger partial charge in [-0.25, -0.2) is 19.9 Å². The maximum atomic E-state index is 4.75. The summed E-state index contributed by atoms with van der Waals surface area (Å²) in [4.78, 5) is 23.2. The first-order valence-electron chi connectivity index (χ1n) is 9.15. The predicted octanol–water partition coefficient (Wildman–Crippen LogP) is 3.28. The lowest BCUT2D eigenvalue weighted by molar-refractivity contribution is 0.244. The first kappa shape index (κ1) is 16.1. The van der Waals surface area contributed by atoms with Gasteiger partial charge in [0, 0.05) is 67.3 Å². The van der Waals surface area contributed by atoms with E-state index < -0.39 is 0 Å². The number of nitrogens with zero attached hydrogens (tertiary/aromatic N) is 5. The van der Waals surface area contributed by atoms with Crippen molar-refractivity contribution in [3.8, 4) is 11.4 Å². The van der Waals surface area contributed by atoms with Crippen LogP contribution in [0, 0.1) is 6.92 Å². The van der Waals surface area contributed by atoms with E-state index in [-0.39, 0.29) is 0 Å². The topological polar surface area (TPSA) is 70.6 Å². The Bertz CT molecular complexity index is 1100. The van der Waals surface area contributed by atoms with Gasteiger partial charge in [0.2, 0.25) is 0 Å². The lowest BCUT2D eigenvalue weighted by Crippen LogP contribution is -2.30. The fourth-order valence-electron chi connectivity index (χ4n) is 3.74. The molecule has 3 aromatic heterocycles. The Balaban J connectivity index is 1.36. The zero-order valence-corrected chi connectivity index (χ0v) is 15.2. The number of hydrogen-bond acceptors (Lipinski definition) is 5. The maximum absolute atomic E-state index is 4.75. The quantitative estimate of drug-likeness (QED) is 0.610.